The Hall–Kier alpha value is -3.12. The van der Waals surface area contributed by atoms with E-state index in [4.69, 9.17) is 4.74 Å². The van der Waals surface area contributed by atoms with E-state index in [0.717, 1.165) is 28.3 Å². The third kappa shape index (κ3) is 4.07. The van der Waals surface area contributed by atoms with Gasteiger partial charge < -0.3 is 10.1 Å². The highest BCUT2D eigenvalue weighted by Gasteiger charge is 2.09. The zero-order chi connectivity index (χ0) is 19.5. The van der Waals surface area contributed by atoms with E-state index in [0.29, 0.717) is 5.75 Å². The Balaban J connectivity index is 1.40. The maximum atomic E-state index is 12.2. The molecule has 1 N–H and O–H groups in total. The number of amides is 1. The van der Waals surface area contributed by atoms with Crippen molar-refractivity contribution in [3.05, 3.63) is 71.4 Å². The molecular formula is C22H21N3O2S. The van der Waals surface area contributed by atoms with Crippen LogP contribution in [-0.4, -0.2) is 21.9 Å². The van der Waals surface area contributed by atoms with Crippen molar-refractivity contribution in [2.24, 2.45) is 0 Å². The Kier molecular flexibility index (Phi) is 5.12. The summed E-state index contributed by atoms with van der Waals surface area (Å²) in [6.07, 6.45) is 5.04. The van der Waals surface area contributed by atoms with Crippen LogP contribution in [0.1, 0.15) is 17.4 Å². The number of anilines is 1. The fraction of sp³-hybridized carbons (Fsp3) is 0.182. The van der Waals surface area contributed by atoms with Crippen LogP contribution in [0.4, 0.5) is 5.69 Å². The molecule has 28 heavy (non-hydrogen) atoms. The number of nitrogens with one attached hydrogen (secondary N) is 1. The molecule has 0 aliphatic rings. The summed E-state index contributed by atoms with van der Waals surface area (Å²) < 4.78 is 7.59. The molecule has 0 saturated heterocycles. The van der Waals surface area contributed by atoms with Gasteiger partial charge in [-0.15, -0.1) is 11.3 Å². The van der Waals surface area contributed by atoms with Gasteiger partial charge in [0.25, 0.3) is 5.91 Å². The first-order chi connectivity index (χ1) is 13.6. The molecule has 0 spiro atoms. The molecule has 2 aromatic carbocycles. The van der Waals surface area contributed by atoms with E-state index in [1.54, 1.807) is 11.3 Å². The maximum Gasteiger partial charge on any atom is 0.262 e. The van der Waals surface area contributed by atoms with Gasteiger partial charge in [0.2, 0.25) is 0 Å². The highest BCUT2D eigenvalue weighted by molar-refractivity contribution is 7.17. The van der Waals surface area contributed by atoms with E-state index >= 15 is 0 Å². The van der Waals surface area contributed by atoms with Crippen LogP contribution in [0.3, 0.4) is 0 Å². The molecule has 0 saturated carbocycles. The van der Waals surface area contributed by atoms with Crippen molar-refractivity contribution >= 4 is 27.9 Å². The van der Waals surface area contributed by atoms with Crippen molar-refractivity contribution in [2.75, 3.05) is 11.9 Å². The normalized spacial score (nSPS) is 10.9. The quantitative estimate of drug-likeness (QED) is 0.506. The second-order valence-corrected chi connectivity index (χ2v) is 7.79. The molecule has 0 atom stereocenters. The van der Waals surface area contributed by atoms with E-state index in [1.165, 1.54) is 10.4 Å². The summed E-state index contributed by atoms with van der Waals surface area (Å²) in [5, 5.41) is 2.89. The molecule has 0 radical (unpaired) electrons. The van der Waals surface area contributed by atoms with Crippen LogP contribution in [0.2, 0.25) is 0 Å². The number of fused-ring (bicyclic) bond motifs is 1. The van der Waals surface area contributed by atoms with Gasteiger partial charge in [0, 0.05) is 28.5 Å². The molecule has 0 aliphatic heterocycles. The van der Waals surface area contributed by atoms with Gasteiger partial charge in [-0.25, -0.2) is 4.98 Å². The molecule has 4 aromatic rings. The number of aromatic nitrogens is 2. The summed E-state index contributed by atoms with van der Waals surface area (Å²) in [5.41, 5.74) is 3.81. The number of benzene rings is 2. The number of aryl methyl sites for hydroxylation is 2. The number of nitrogens with zero attached hydrogens (tertiary/aromatic N) is 2. The number of carbonyl (C=O) groups is 1. The van der Waals surface area contributed by atoms with Crippen LogP contribution in [0, 0.1) is 6.92 Å². The molecule has 142 valence electrons. The number of carbonyl (C=O) groups excluding carboxylic acids is 1. The molecule has 0 unspecified atom stereocenters. The predicted octanol–water partition coefficient (Wildman–Crippen LogP) is 4.95. The second kappa shape index (κ2) is 7.86. The van der Waals surface area contributed by atoms with Crippen molar-refractivity contribution < 1.29 is 9.53 Å². The highest BCUT2D eigenvalue weighted by Crippen LogP contribution is 2.25. The molecule has 0 bridgehead atoms. The number of imidazole rings is 1. The first-order valence-corrected chi connectivity index (χ1v) is 9.99. The van der Waals surface area contributed by atoms with E-state index < -0.39 is 0 Å². The van der Waals surface area contributed by atoms with Gasteiger partial charge in [0.1, 0.15) is 5.75 Å². The number of hydrogen-bond donors (Lipinski definition) is 1. The monoisotopic (exact) mass is 391 g/mol. The summed E-state index contributed by atoms with van der Waals surface area (Å²) in [7, 11) is 0. The first kappa shape index (κ1) is 18.3. The minimum Gasteiger partial charge on any atom is -0.484 e. The summed E-state index contributed by atoms with van der Waals surface area (Å²) >= 11 is 1.65. The largest absolute Gasteiger partial charge is 0.484 e. The van der Waals surface area contributed by atoms with Crippen LogP contribution in [0.25, 0.3) is 16.2 Å². The lowest BCUT2D eigenvalue weighted by Crippen LogP contribution is -2.20. The van der Waals surface area contributed by atoms with Gasteiger partial charge in [-0.1, -0.05) is 31.2 Å². The maximum absolute atomic E-state index is 12.2. The Morgan fingerprint density at radius 2 is 2.00 bits per heavy atom. The van der Waals surface area contributed by atoms with E-state index in [1.807, 2.05) is 59.1 Å². The zero-order valence-electron chi connectivity index (χ0n) is 15.8. The minimum atomic E-state index is -0.196. The van der Waals surface area contributed by atoms with E-state index in [9.17, 15) is 4.79 Å². The molecule has 2 aromatic heterocycles. The van der Waals surface area contributed by atoms with Crippen LogP contribution in [0.15, 0.2) is 60.9 Å². The Labute approximate surface area is 167 Å². The lowest BCUT2D eigenvalue weighted by atomic mass is 10.1. The predicted molar refractivity (Wildman–Crippen MR) is 113 cm³/mol. The van der Waals surface area contributed by atoms with Crippen molar-refractivity contribution in [2.45, 2.75) is 20.3 Å². The molecule has 5 nitrogen and oxygen atoms in total. The Bertz CT molecular complexity index is 1080. The number of hydrogen-bond acceptors (Lipinski definition) is 4. The van der Waals surface area contributed by atoms with Crippen LogP contribution < -0.4 is 10.1 Å². The standard InChI is InChI=1S/C22H21N3O2S/c1-3-16-7-9-19(10-8-16)27-14-21(26)23-18-6-4-5-17(11-18)20-13-25-12-15(2)28-22(25)24-20/h4-13H,3,14H2,1-2H3,(H,23,26). The summed E-state index contributed by atoms with van der Waals surface area (Å²) in [4.78, 5) is 19.1. The summed E-state index contributed by atoms with van der Waals surface area (Å²) in [6, 6.07) is 15.5. The SMILES string of the molecule is CCc1ccc(OCC(=O)Nc2cccc(-c3cn4cc(C)sc4n3)c2)cc1. The van der Waals surface area contributed by atoms with Crippen LogP contribution in [-0.2, 0) is 11.2 Å². The van der Waals surface area contributed by atoms with Crippen molar-refractivity contribution in [3.8, 4) is 17.0 Å². The number of thiazole rings is 1. The van der Waals surface area contributed by atoms with Gasteiger partial charge in [0.15, 0.2) is 11.6 Å². The molecule has 6 heteroatoms. The van der Waals surface area contributed by atoms with Crippen molar-refractivity contribution in [3.63, 3.8) is 0 Å². The van der Waals surface area contributed by atoms with Crippen molar-refractivity contribution in [1.82, 2.24) is 9.38 Å². The third-order valence-corrected chi connectivity index (χ3v) is 5.33. The number of rotatable bonds is 6. The fourth-order valence-corrected chi connectivity index (χ4v) is 3.78. The minimum absolute atomic E-state index is 0.0326. The van der Waals surface area contributed by atoms with Gasteiger partial charge in [0.05, 0.1) is 5.69 Å². The number of ether oxygens (including phenoxy) is 1. The van der Waals surface area contributed by atoms with Crippen LogP contribution in [0.5, 0.6) is 5.75 Å². The van der Waals surface area contributed by atoms with Crippen LogP contribution >= 0.6 is 11.3 Å². The Morgan fingerprint density at radius 1 is 1.18 bits per heavy atom. The topological polar surface area (TPSA) is 55.6 Å². The van der Waals surface area contributed by atoms with E-state index in [-0.39, 0.29) is 12.5 Å². The fourth-order valence-electron chi connectivity index (χ4n) is 2.97. The Morgan fingerprint density at radius 3 is 2.75 bits per heavy atom. The van der Waals surface area contributed by atoms with Crippen molar-refractivity contribution in [1.29, 1.82) is 0 Å². The van der Waals surface area contributed by atoms with E-state index in [2.05, 4.69) is 30.3 Å². The zero-order valence-corrected chi connectivity index (χ0v) is 16.6. The molecule has 0 aliphatic carbocycles. The smallest absolute Gasteiger partial charge is 0.262 e. The second-order valence-electron chi connectivity index (χ2n) is 6.57. The highest BCUT2D eigenvalue weighted by atomic mass is 32.1. The lowest BCUT2D eigenvalue weighted by molar-refractivity contribution is -0.118. The van der Waals surface area contributed by atoms with Gasteiger partial charge in [-0.05, 0) is 43.2 Å². The molecule has 0 fully saturated rings. The summed E-state index contributed by atoms with van der Waals surface area (Å²) in [6.45, 7) is 4.13. The molecule has 4 rings (SSSR count). The van der Waals surface area contributed by atoms with Gasteiger partial charge >= 0.3 is 0 Å². The third-order valence-electron chi connectivity index (χ3n) is 4.42. The van der Waals surface area contributed by atoms with Gasteiger partial charge in [-0.2, -0.15) is 0 Å². The summed E-state index contributed by atoms with van der Waals surface area (Å²) in [5.74, 6) is 0.493. The lowest BCUT2D eigenvalue weighted by Gasteiger charge is -2.09. The van der Waals surface area contributed by atoms with Gasteiger partial charge in [-0.3, -0.25) is 9.20 Å². The molecule has 1 amide bonds. The average Bonchev–Trinajstić information content (AvgIpc) is 3.24. The first-order valence-electron chi connectivity index (χ1n) is 9.18. The molecule has 2 heterocycles. The average molecular weight is 391 g/mol. The molecular weight excluding hydrogens is 370 g/mol.